The average Bonchev–Trinajstić information content (AvgIpc) is 4.11. The van der Waals surface area contributed by atoms with Crippen molar-refractivity contribution >= 4 is 66.0 Å². The van der Waals surface area contributed by atoms with Gasteiger partial charge in [0, 0.05) is 78.0 Å². The molecule has 0 bridgehead atoms. The molecule has 0 saturated carbocycles. The van der Waals surface area contributed by atoms with E-state index in [1.165, 1.54) is 11.8 Å². The van der Waals surface area contributed by atoms with E-state index < -0.39 is 35.2 Å². The summed E-state index contributed by atoms with van der Waals surface area (Å²) in [4.78, 5) is 107. The molecule has 2 aromatic carbocycles. The molecule has 3 radical (unpaired) electrons. The minimum absolute atomic E-state index is 0. The first kappa shape index (κ1) is 59.9. The molecule has 3 N–H and O–H groups in total. The third kappa shape index (κ3) is 19.6. The summed E-state index contributed by atoms with van der Waals surface area (Å²) in [6.45, 7) is 20.7. The van der Waals surface area contributed by atoms with Crippen molar-refractivity contribution in [1.82, 2.24) is 39.1 Å². The normalized spacial score (nSPS) is 17.4. The molecule has 4 aromatic rings. The Morgan fingerprint density at radius 1 is 0.592 bits per heavy atom. The number of rotatable bonds is 3. The van der Waals surface area contributed by atoms with Crippen LogP contribution in [-0.2, 0) is 43.1 Å². The summed E-state index contributed by atoms with van der Waals surface area (Å²) < 4.78 is 18.1. The van der Waals surface area contributed by atoms with Crippen molar-refractivity contribution in [2.45, 2.75) is 130 Å². The van der Waals surface area contributed by atoms with Gasteiger partial charge in [-0.1, -0.05) is 24.3 Å². The van der Waals surface area contributed by atoms with Gasteiger partial charge in [0.15, 0.2) is 5.78 Å². The summed E-state index contributed by atoms with van der Waals surface area (Å²) in [5.41, 5.74) is 2.92. The zero-order valence-electron chi connectivity index (χ0n) is 42.9. The summed E-state index contributed by atoms with van der Waals surface area (Å²) in [7, 11) is 4.32. The summed E-state index contributed by atoms with van der Waals surface area (Å²) >= 11 is 0. The molecule has 8 rings (SSSR count). The van der Waals surface area contributed by atoms with E-state index in [2.05, 4.69) is 42.7 Å². The standard InChI is InChI=1S/C21H30N4O3.C12H15N3O.C9H15NO3.C4H6O4.C2H3BO2.Na/c1-21(2,3)28-20(27)24-13-10-16(14-24)23-11-8-15(9-12-23)25-18-7-5-4-6-17(18)22-19(25)26;16-12-14-10-3-1-2-4-11(10)15(12)9-5-7-13-8-6-9;1-9(2,3)13-8(12)10-5-4-7(11)6-10;1-3(5)7-8-4(2)6;1-2(4)5-3;/h4-7,15-16H,8-14H2,1-3H3,(H,22,26);1-4,9,13H,5-8H2,(H,14,16);4-6H2,1-3H3;1-2H3;1H3;/q;;;;-1;+1. The Balaban J connectivity index is 0.000000264. The van der Waals surface area contributed by atoms with Gasteiger partial charge in [-0.3, -0.25) is 23.6 Å². The number of benzene rings is 2. The van der Waals surface area contributed by atoms with Crippen LogP contribution in [0.3, 0.4) is 0 Å². The van der Waals surface area contributed by atoms with Crippen molar-refractivity contribution in [3.8, 4) is 0 Å². The maximum atomic E-state index is 12.4. The number of fused-ring (bicyclic) bond motifs is 2. The number of imidazole rings is 2. The fourth-order valence-corrected chi connectivity index (χ4v) is 8.21. The van der Waals surface area contributed by atoms with Gasteiger partial charge in [-0.2, -0.15) is 0 Å². The second-order valence-corrected chi connectivity index (χ2v) is 19.2. The SMILES string of the molecule is CC(=O)OOC(C)=O.CC(C)(C)OC(=O)N1CCC(=O)C1.CC(C)(C)OC(=O)N1CCC(N2CCC(n3c(=O)[nH]c4ccccc43)CC2)C1.O=c1[nH]c2ccccc2n1C1CCNCC1.[B-]OC(C)=O.[Na+]. The molecular formula is C48H69BN8NaO13. The van der Waals surface area contributed by atoms with Crippen molar-refractivity contribution in [3.63, 3.8) is 0 Å². The second kappa shape index (κ2) is 28.0. The molecule has 1 atom stereocenters. The molecule has 6 heterocycles. The molecule has 383 valence electrons. The number of carbonyl (C=O) groups is 6. The Labute approximate surface area is 437 Å². The van der Waals surface area contributed by atoms with Crippen LogP contribution in [0.1, 0.15) is 113 Å². The van der Waals surface area contributed by atoms with Crippen molar-refractivity contribution in [2.24, 2.45) is 0 Å². The number of carbonyl (C=O) groups excluding carboxylic acids is 6. The van der Waals surface area contributed by atoms with Gasteiger partial charge in [-0.25, -0.2) is 38.5 Å². The second-order valence-electron chi connectivity index (χ2n) is 19.2. The first-order valence-corrected chi connectivity index (χ1v) is 23.5. The first-order chi connectivity index (χ1) is 33.0. The van der Waals surface area contributed by atoms with E-state index in [0.717, 1.165) is 107 Å². The van der Waals surface area contributed by atoms with Crippen molar-refractivity contribution in [2.75, 3.05) is 52.4 Å². The molecule has 4 saturated heterocycles. The number of piperidine rings is 2. The summed E-state index contributed by atoms with van der Waals surface area (Å²) in [5, 5.41) is 3.32. The fourth-order valence-electron chi connectivity index (χ4n) is 8.21. The molecule has 1 unspecified atom stereocenters. The van der Waals surface area contributed by atoms with E-state index in [9.17, 15) is 38.4 Å². The van der Waals surface area contributed by atoms with Crippen LogP contribution in [0.5, 0.6) is 0 Å². The topological polar surface area (TPSA) is 246 Å². The number of nitrogens with one attached hydrogen (secondary N) is 3. The van der Waals surface area contributed by atoms with Crippen molar-refractivity contribution in [3.05, 3.63) is 69.5 Å². The predicted molar refractivity (Wildman–Crippen MR) is 261 cm³/mol. The smallest absolute Gasteiger partial charge is 0.793 e. The minimum Gasteiger partial charge on any atom is -0.793 e. The number of hydrogen-bond donors (Lipinski definition) is 3. The van der Waals surface area contributed by atoms with Gasteiger partial charge in [-0.05, 0) is 111 Å². The van der Waals surface area contributed by atoms with Crippen LogP contribution in [0.25, 0.3) is 22.1 Å². The van der Waals surface area contributed by atoms with Gasteiger partial charge in [0.05, 0.1) is 28.6 Å². The molecule has 4 aliphatic rings. The number of ether oxygens (including phenoxy) is 2. The quantitative estimate of drug-likeness (QED) is 0.151. The van der Waals surface area contributed by atoms with Gasteiger partial charge >= 0.3 is 65.1 Å². The molecule has 0 spiro atoms. The number of likely N-dealkylation sites (tertiary alicyclic amines) is 3. The van der Waals surface area contributed by atoms with E-state index in [1.54, 1.807) is 0 Å². The Morgan fingerprint density at radius 2 is 1.01 bits per heavy atom. The maximum Gasteiger partial charge on any atom is 1.00 e. The number of aromatic nitrogens is 4. The number of para-hydroxylation sites is 4. The van der Waals surface area contributed by atoms with Crippen LogP contribution in [0.4, 0.5) is 9.59 Å². The van der Waals surface area contributed by atoms with E-state index in [0.29, 0.717) is 25.0 Å². The fraction of sp³-hybridized carbons (Fsp3) is 0.583. The summed E-state index contributed by atoms with van der Waals surface area (Å²) in [6.07, 6.45) is 4.79. The molecule has 21 nitrogen and oxygen atoms in total. The van der Waals surface area contributed by atoms with Gasteiger partial charge in [0.2, 0.25) is 5.97 Å². The van der Waals surface area contributed by atoms with Crippen LogP contribution in [0, 0.1) is 0 Å². The minimum atomic E-state index is -0.639. The number of H-pyrrole nitrogens is 2. The molecule has 0 aliphatic carbocycles. The largest absolute Gasteiger partial charge is 1.00 e. The zero-order chi connectivity index (χ0) is 51.8. The molecule has 2 aromatic heterocycles. The molecule has 4 aliphatic heterocycles. The molecular weight excluding hydrogens is 930 g/mol. The van der Waals surface area contributed by atoms with Crippen LogP contribution in [0.2, 0.25) is 0 Å². The Bertz CT molecular complexity index is 2500. The Morgan fingerprint density at radius 3 is 1.42 bits per heavy atom. The molecule has 23 heteroatoms. The van der Waals surface area contributed by atoms with Crippen LogP contribution in [-0.4, -0.2) is 147 Å². The molecule has 2 amide bonds. The van der Waals surface area contributed by atoms with Crippen molar-refractivity contribution < 1.29 is 82.2 Å². The van der Waals surface area contributed by atoms with E-state index in [-0.39, 0.29) is 65.4 Å². The monoisotopic (exact) mass is 999 g/mol. The number of hydrogen-bond acceptors (Lipinski definition) is 15. The summed E-state index contributed by atoms with van der Waals surface area (Å²) in [5.74, 6) is -1.64. The number of Topliss-reactive ketones (excluding diaryl/α,β-unsaturated/α-hetero) is 1. The number of ketones is 1. The number of aromatic amines is 2. The van der Waals surface area contributed by atoms with Gasteiger partial charge in [0.1, 0.15) is 11.2 Å². The third-order valence-electron chi connectivity index (χ3n) is 11.2. The predicted octanol–water partition coefficient (Wildman–Crippen LogP) is 2.09. The maximum absolute atomic E-state index is 12.4. The van der Waals surface area contributed by atoms with E-state index in [1.807, 2.05) is 104 Å². The average molecular weight is 1000 g/mol. The zero-order valence-corrected chi connectivity index (χ0v) is 44.9. The Hall–Kier alpha value is -5.42. The third-order valence-corrected chi connectivity index (χ3v) is 11.2. The van der Waals surface area contributed by atoms with E-state index >= 15 is 0 Å². The van der Waals surface area contributed by atoms with Gasteiger partial charge < -0.3 is 47.3 Å². The number of amides is 2. The first-order valence-electron chi connectivity index (χ1n) is 23.5. The summed E-state index contributed by atoms with van der Waals surface area (Å²) in [6, 6.07) is 16.7. The van der Waals surface area contributed by atoms with Crippen LogP contribution >= 0.6 is 0 Å². The molecule has 71 heavy (non-hydrogen) atoms. The van der Waals surface area contributed by atoms with Crippen LogP contribution < -0.4 is 46.3 Å². The van der Waals surface area contributed by atoms with Crippen molar-refractivity contribution in [1.29, 1.82) is 0 Å². The van der Waals surface area contributed by atoms with Crippen LogP contribution in [0.15, 0.2) is 58.1 Å². The Kier molecular flexibility index (Phi) is 23.6. The van der Waals surface area contributed by atoms with Gasteiger partial charge in [-0.15, -0.1) is 0 Å². The number of nitrogens with zero attached hydrogens (tertiary/aromatic N) is 5. The van der Waals surface area contributed by atoms with Gasteiger partial charge in [0.25, 0.3) is 0 Å². The molecule has 4 fully saturated rings. The van der Waals surface area contributed by atoms with E-state index in [4.69, 9.17) is 9.47 Å².